The number of nitrogens with zero attached hydrogens (tertiary/aromatic N) is 2. The highest BCUT2D eigenvalue weighted by atomic mass is 16.7. The zero-order valence-electron chi connectivity index (χ0n) is 14.2. The summed E-state index contributed by atoms with van der Waals surface area (Å²) in [7, 11) is 0. The third-order valence-electron chi connectivity index (χ3n) is 5.66. The number of aromatic amines is 1. The maximum atomic E-state index is 12.4. The summed E-state index contributed by atoms with van der Waals surface area (Å²) in [4.78, 5) is 22.4. The van der Waals surface area contributed by atoms with E-state index in [9.17, 15) is 4.79 Å². The van der Waals surface area contributed by atoms with Crippen LogP contribution in [0.2, 0.25) is 0 Å². The Labute approximate surface area is 145 Å². The van der Waals surface area contributed by atoms with E-state index in [2.05, 4.69) is 27.0 Å². The summed E-state index contributed by atoms with van der Waals surface area (Å²) < 4.78 is 10.9. The number of hydrogen-bond acceptors (Lipinski definition) is 5. The summed E-state index contributed by atoms with van der Waals surface area (Å²) in [5.74, 6) is 2.36. The minimum atomic E-state index is 0.0399. The molecule has 1 N–H and O–H groups in total. The molecule has 0 saturated carbocycles. The predicted octanol–water partition coefficient (Wildman–Crippen LogP) is 1.94. The summed E-state index contributed by atoms with van der Waals surface area (Å²) >= 11 is 0. The van der Waals surface area contributed by atoms with Crippen molar-refractivity contribution < 1.29 is 9.47 Å². The molecule has 0 aliphatic carbocycles. The molecule has 2 bridgehead atoms. The minimum absolute atomic E-state index is 0.0399. The fourth-order valence-corrected chi connectivity index (χ4v) is 4.47. The zero-order valence-corrected chi connectivity index (χ0v) is 14.2. The van der Waals surface area contributed by atoms with Gasteiger partial charge in [0.1, 0.15) is 5.82 Å². The van der Waals surface area contributed by atoms with Crippen LogP contribution >= 0.6 is 0 Å². The molecule has 0 radical (unpaired) electrons. The first-order valence-electron chi connectivity index (χ1n) is 8.90. The maximum absolute atomic E-state index is 12.4. The summed E-state index contributed by atoms with van der Waals surface area (Å²) in [6.45, 7) is 3.03. The fraction of sp³-hybridized carbons (Fsp3) is 0.474. The van der Waals surface area contributed by atoms with Crippen LogP contribution in [0.15, 0.2) is 23.0 Å². The minimum Gasteiger partial charge on any atom is -0.454 e. The monoisotopic (exact) mass is 339 g/mol. The van der Waals surface area contributed by atoms with Crippen LogP contribution in [0.3, 0.4) is 0 Å². The highest BCUT2D eigenvalue weighted by Crippen LogP contribution is 2.36. The van der Waals surface area contributed by atoms with Crippen molar-refractivity contribution in [2.24, 2.45) is 0 Å². The number of hydrogen-bond donors (Lipinski definition) is 1. The molecule has 1 fully saturated rings. The van der Waals surface area contributed by atoms with E-state index in [1.807, 2.05) is 13.0 Å². The largest absolute Gasteiger partial charge is 0.454 e. The lowest BCUT2D eigenvalue weighted by molar-refractivity contribution is 0.173. The van der Waals surface area contributed by atoms with E-state index in [1.54, 1.807) is 0 Å². The smallest absolute Gasteiger partial charge is 0.254 e. The average molecular weight is 339 g/mol. The molecule has 2 aromatic rings. The fourth-order valence-electron chi connectivity index (χ4n) is 4.47. The third-order valence-corrected chi connectivity index (χ3v) is 5.66. The Kier molecular flexibility index (Phi) is 3.35. The van der Waals surface area contributed by atoms with Crippen molar-refractivity contribution in [1.29, 1.82) is 0 Å². The number of ether oxygens (including phenoxy) is 2. The van der Waals surface area contributed by atoms with E-state index in [-0.39, 0.29) is 5.56 Å². The Bertz CT molecular complexity index is 892. The molecule has 6 heteroatoms. The van der Waals surface area contributed by atoms with Gasteiger partial charge < -0.3 is 14.5 Å². The molecule has 130 valence electrons. The lowest BCUT2D eigenvalue weighted by atomic mass is 9.98. The Balaban J connectivity index is 1.44. The van der Waals surface area contributed by atoms with Gasteiger partial charge in [0.05, 0.1) is 5.69 Å². The molecule has 5 rings (SSSR count). The molecule has 1 aromatic carbocycles. The van der Waals surface area contributed by atoms with Gasteiger partial charge in [0.25, 0.3) is 5.56 Å². The Morgan fingerprint density at radius 1 is 1.20 bits per heavy atom. The van der Waals surface area contributed by atoms with Crippen LogP contribution in [0.4, 0.5) is 0 Å². The quantitative estimate of drug-likeness (QED) is 0.906. The van der Waals surface area contributed by atoms with E-state index in [4.69, 9.17) is 9.47 Å². The average Bonchev–Trinajstić information content (AvgIpc) is 3.13. The predicted molar refractivity (Wildman–Crippen MR) is 91.9 cm³/mol. The van der Waals surface area contributed by atoms with Gasteiger partial charge in [-0.3, -0.25) is 9.69 Å². The Morgan fingerprint density at radius 3 is 2.88 bits per heavy atom. The second kappa shape index (κ2) is 5.59. The van der Waals surface area contributed by atoms with Gasteiger partial charge in [-0.25, -0.2) is 4.98 Å². The molecule has 3 aliphatic rings. The van der Waals surface area contributed by atoms with Gasteiger partial charge in [0.15, 0.2) is 11.5 Å². The molecule has 4 heterocycles. The highest BCUT2D eigenvalue weighted by Gasteiger charge is 2.38. The topological polar surface area (TPSA) is 67.5 Å². The van der Waals surface area contributed by atoms with E-state index in [1.165, 1.54) is 12.0 Å². The third kappa shape index (κ3) is 2.52. The number of rotatable bonds is 2. The van der Waals surface area contributed by atoms with Gasteiger partial charge in [-0.2, -0.15) is 0 Å². The van der Waals surface area contributed by atoms with Gasteiger partial charge in [0.2, 0.25) is 6.79 Å². The van der Waals surface area contributed by atoms with Gasteiger partial charge >= 0.3 is 0 Å². The van der Waals surface area contributed by atoms with Crippen LogP contribution in [0.1, 0.15) is 35.5 Å². The zero-order chi connectivity index (χ0) is 17.0. The molecule has 25 heavy (non-hydrogen) atoms. The highest BCUT2D eigenvalue weighted by molar-refractivity contribution is 5.44. The van der Waals surface area contributed by atoms with Crippen molar-refractivity contribution in [1.82, 2.24) is 14.9 Å². The molecule has 2 atom stereocenters. The first kappa shape index (κ1) is 15.0. The van der Waals surface area contributed by atoms with E-state index >= 15 is 0 Å². The lowest BCUT2D eigenvalue weighted by Crippen LogP contribution is -2.36. The van der Waals surface area contributed by atoms with Crippen molar-refractivity contribution in [3.8, 4) is 11.5 Å². The normalized spacial score (nSPS) is 24.2. The standard InChI is InChI=1S/C19H21N3O3/c1-11-20-16-8-14-4-3-13(7-15(16)19(23)21-11)22(14)9-12-2-5-17-18(6-12)25-10-24-17/h2,5-6,13-14H,3-4,7-10H2,1H3,(H,20,21,23)/t13-,14+/m1/s1. The molecule has 0 spiro atoms. The van der Waals surface area contributed by atoms with Crippen molar-refractivity contribution >= 4 is 0 Å². The van der Waals surface area contributed by atoms with Gasteiger partial charge in [-0.15, -0.1) is 0 Å². The second-order valence-corrected chi connectivity index (χ2v) is 7.23. The second-order valence-electron chi connectivity index (χ2n) is 7.23. The number of H-pyrrole nitrogens is 1. The van der Waals surface area contributed by atoms with Crippen molar-refractivity contribution in [3.05, 3.63) is 51.2 Å². The molecular formula is C19H21N3O3. The molecule has 0 unspecified atom stereocenters. The van der Waals surface area contributed by atoms with Crippen LogP contribution in [-0.2, 0) is 19.4 Å². The van der Waals surface area contributed by atoms with Gasteiger partial charge in [-0.05, 0) is 43.9 Å². The van der Waals surface area contributed by atoms with Crippen molar-refractivity contribution in [2.45, 2.75) is 51.2 Å². The van der Waals surface area contributed by atoms with Crippen LogP contribution in [0, 0.1) is 6.92 Å². The summed E-state index contributed by atoms with van der Waals surface area (Å²) in [5.41, 5.74) is 3.14. The van der Waals surface area contributed by atoms with E-state index in [0.29, 0.717) is 24.7 Å². The van der Waals surface area contributed by atoms with E-state index < -0.39 is 0 Å². The van der Waals surface area contributed by atoms with Gasteiger partial charge in [0, 0.05) is 30.6 Å². The number of fused-ring (bicyclic) bond motifs is 4. The van der Waals surface area contributed by atoms with Crippen molar-refractivity contribution in [2.75, 3.05) is 6.79 Å². The summed E-state index contributed by atoms with van der Waals surface area (Å²) in [6.07, 6.45) is 3.96. The van der Waals surface area contributed by atoms with Crippen LogP contribution < -0.4 is 15.0 Å². The van der Waals surface area contributed by atoms with Crippen LogP contribution in [0.25, 0.3) is 0 Å². The lowest BCUT2D eigenvalue weighted by Gasteiger charge is -2.27. The SMILES string of the molecule is Cc1nc2c(c(=O)[nH]1)C[C@H]1CC[C@@H](C2)N1Cc1ccc2c(c1)OCO2. The number of aryl methyl sites for hydroxylation is 1. The molecule has 6 nitrogen and oxygen atoms in total. The first-order valence-corrected chi connectivity index (χ1v) is 8.90. The summed E-state index contributed by atoms with van der Waals surface area (Å²) in [6, 6.07) is 7.03. The molecule has 1 saturated heterocycles. The van der Waals surface area contributed by atoms with Gasteiger partial charge in [-0.1, -0.05) is 6.07 Å². The molecule has 0 amide bonds. The maximum Gasteiger partial charge on any atom is 0.254 e. The number of nitrogens with one attached hydrogen (secondary N) is 1. The molecule has 1 aromatic heterocycles. The van der Waals surface area contributed by atoms with E-state index in [0.717, 1.165) is 48.6 Å². The van der Waals surface area contributed by atoms with Crippen molar-refractivity contribution in [3.63, 3.8) is 0 Å². The Hall–Kier alpha value is -2.34. The Morgan fingerprint density at radius 2 is 2.00 bits per heavy atom. The van der Waals surface area contributed by atoms with Crippen LogP contribution in [0.5, 0.6) is 11.5 Å². The number of benzene rings is 1. The summed E-state index contributed by atoms with van der Waals surface area (Å²) in [5, 5.41) is 0. The van der Waals surface area contributed by atoms with Crippen LogP contribution in [-0.4, -0.2) is 33.7 Å². The molecular weight excluding hydrogens is 318 g/mol. The molecule has 3 aliphatic heterocycles. The first-order chi connectivity index (χ1) is 12.2. The number of aromatic nitrogens is 2.